The van der Waals surface area contributed by atoms with Crippen LogP contribution in [-0.2, 0) is 11.3 Å². The molecule has 0 aliphatic rings. The van der Waals surface area contributed by atoms with E-state index in [0.717, 1.165) is 26.3 Å². The Hall–Kier alpha value is -0.900. The van der Waals surface area contributed by atoms with Gasteiger partial charge >= 0.3 is 0 Å². The van der Waals surface area contributed by atoms with Crippen LogP contribution in [0.5, 0.6) is 0 Å². The van der Waals surface area contributed by atoms with Gasteiger partial charge < -0.3 is 10.1 Å². The smallest absolute Gasteiger partial charge is 0.0591 e. The summed E-state index contributed by atoms with van der Waals surface area (Å²) >= 11 is 1.81. The van der Waals surface area contributed by atoms with Gasteiger partial charge in [-0.2, -0.15) is 0 Å². The lowest BCUT2D eigenvalue weighted by Crippen LogP contribution is -2.20. The Morgan fingerprint density at radius 2 is 2.11 bits per heavy atom. The summed E-state index contributed by atoms with van der Waals surface area (Å²) in [5, 5.41) is 7.05. The highest BCUT2D eigenvalue weighted by molar-refractivity contribution is 7.17. The van der Waals surface area contributed by atoms with Gasteiger partial charge in [-0.15, -0.1) is 11.3 Å². The van der Waals surface area contributed by atoms with Crippen molar-refractivity contribution in [3.63, 3.8) is 0 Å². The lowest BCUT2D eigenvalue weighted by molar-refractivity contribution is 0.111. The summed E-state index contributed by atoms with van der Waals surface area (Å²) in [4.78, 5) is 0. The van der Waals surface area contributed by atoms with Gasteiger partial charge in [-0.25, -0.2) is 0 Å². The highest BCUT2D eigenvalue weighted by atomic mass is 32.1. The number of ether oxygens (including phenoxy) is 1. The Labute approximate surface area is 113 Å². The van der Waals surface area contributed by atoms with Crippen molar-refractivity contribution in [1.82, 2.24) is 5.32 Å². The number of hydrogen-bond donors (Lipinski definition) is 1. The van der Waals surface area contributed by atoms with E-state index in [0.29, 0.717) is 5.92 Å². The van der Waals surface area contributed by atoms with Gasteiger partial charge in [-0.3, -0.25) is 0 Å². The molecule has 2 aromatic rings. The van der Waals surface area contributed by atoms with Gasteiger partial charge in [0.25, 0.3) is 0 Å². The molecule has 0 atom stereocenters. The number of hydrogen-bond acceptors (Lipinski definition) is 3. The highest BCUT2D eigenvalue weighted by Crippen LogP contribution is 2.25. The normalized spacial score (nSPS) is 11.5. The quantitative estimate of drug-likeness (QED) is 0.770. The Kier molecular flexibility index (Phi) is 5.17. The number of thiophene rings is 1. The maximum atomic E-state index is 5.54. The van der Waals surface area contributed by atoms with Gasteiger partial charge in [-0.05, 0) is 28.3 Å². The minimum absolute atomic E-state index is 0.616. The lowest BCUT2D eigenvalue weighted by atomic mass is 10.2. The van der Waals surface area contributed by atoms with Crippen LogP contribution in [0, 0.1) is 5.92 Å². The predicted molar refractivity (Wildman–Crippen MR) is 79.2 cm³/mol. The summed E-state index contributed by atoms with van der Waals surface area (Å²) in [6, 6.07) is 8.56. The molecule has 0 unspecified atom stereocenters. The molecule has 1 heterocycles. The van der Waals surface area contributed by atoms with Crippen molar-refractivity contribution in [1.29, 1.82) is 0 Å². The van der Waals surface area contributed by atoms with Crippen molar-refractivity contribution in [3.05, 3.63) is 35.2 Å². The molecule has 0 amide bonds. The molecule has 2 nitrogen and oxygen atoms in total. The van der Waals surface area contributed by atoms with Crippen LogP contribution in [0.1, 0.15) is 19.4 Å². The SMILES string of the molecule is CC(C)COCCNCc1csc2ccccc12. The molecular formula is C15H21NOS. The summed E-state index contributed by atoms with van der Waals surface area (Å²) in [7, 11) is 0. The molecule has 1 aromatic heterocycles. The first-order valence-electron chi connectivity index (χ1n) is 6.51. The Bertz CT molecular complexity index is 478. The van der Waals surface area contributed by atoms with Crippen LogP contribution >= 0.6 is 11.3 Å². The van der Waals surface area contributed by atoms with Crippen LogP contribution in [0.25, 0.3) is 10.1 Å². The third kappa shape index (κ3) is 3.80. The van der Waals surface area contributed by atoms with Crippen molar-refractivity contribution >= 4 is 21.4 Å². The fourth-order valence-corrected chi connectivity index (χ4v) is 2.82. The van der Waals surface area contributed by atoms with Gasteiger partial charge in [0.15, 0.2) is 0 Å². The van der Waals surface area contributed by atoms with E-state index in [1.54, 1.807) is 0 Å². The third-order valence-electron chi connectivity index (χ3n) is 2.75. The van der Waals surface area contributed by atoms with Gasteiger partial charge in [-0.1, -0.05) is 32.0 Å². The molecule has 0 radical (unpaired) electrons. The van der Waals surface area contributed by atoms with E-state index in [1.165, 1.54) is 15.6 Å². The second kappa shape index (κ2) is 6.88. The Morgan fingerprint density at radius 3 is 2.94 bits per heavy atom. The number of nitrogens with one attached hydrogen (secondary N) is 1. The second-order valence-electron chi connectivity index (χ2n) is 4.90. The molecular weight excluding hydrogens is 242 g/mol. The minimum atomic E-state index is 0.616. The maximum Gasteiger partial charge on any atom is 0.0591 e. The van der Waals surface area contributed by atoms with Gasteiger partial charge in [0.05, 0.1) is 6.61 Å². The molecule has 98 valence electrons. The van der Waals surface area contributed by atoms with Crippen molar-refractivity contribution in [2.24, 2.45) is 5.92 Å². The van der Waals surface area contributed by atoms with Crippen molar-refractivity contribution in [3.8, 4) is 0 Å². The van der Waals surface area contributed by atoms with Crippen molar-refractivity contribution < 1.29 is 4.74 Å². The monoisotopic (exact) mass is 263 g/mol. The average molecular weight is 263 g/mol. The summed E-state index contributed by atoms with van der Waals surface area (Å²) in [6.45, 7) is 7.82. The molecule has 1 aromatic carbocycles. The first-order chi connectivity index (χ1) is 8.77. The standard InChI is InChI=1S/C15H21NOS/c1-12(2)10-17-8-7-16-9-13-11-18-15-6-4-3-5-14(13)15/h3-6,11-12,16H,7-10H2,1-2H3. The van der Waals surface area contributed by atoms with E-state index in [1.807, 2.05) is 11.3 Å². The van der Waals surface area contributed by atoms with E-state index in [9.17, 15) is 0 Å². The molecule has 2 rings (SSSR count). The fourth-order valence-electron chi connectivity index (χ4n) is 1.86. The van der Waals surface area contributed by atoms with Gasteiger partial charge in [0.2, 0.25) is 0 Å². The zero-order valence-corrected chi connectivity index (χ0v) is 11.9. The van der Waals surface area contributed by atoms with Crippen LogP contribution in [0.3, 0.4) is 0 Å². The third-order valence-corrected chi connectivity index (χ3v) is 3.76. The zero-order valence-electron chi connectivity index (χ0n) is 11.1. The molecule has 0 aliphatic heterocycles. The summed E-state index contributed by atoms with van der Waals surface area (Å²) in [6.07, 6.45) is 0. The molecule has 0 fully saturated rings. The minimum Gasteiger partial charge on any atom is -0.380 e. The maximum absolute atomic E-state index is 5.54. The van der Waals surface area contributed by atoms with Gasteiger partial charge in [0.1, 0.15) is 0 Å². The largest absolute Gasteiger partial charge is 0.380 e. The van der Waals surface area contributed by atoms with E-state index >= 15 is 0 Å². The molecule has 3 heteroatoms. The number of benzene rings is 1. The van der Waals surface area contributed by atoms with E-state index in [2.05, 4.69) is 48.8 Å². The van der Waals surface area contributed by atoms with Crippen molar-refractivity contribution in [2.45, 2.75) is 20.4 Å². The molecule has 0 saturated heterocycles. The van der Waals surface area contributed by atoms with Crippen LogP contribution < -0.4 is 5.32 Å². The molecule has 18 heavy (non-hydrogen) atoms. The first kappa shape index (κ1) is 13.5. The van der Waals surface area contributed by atoms with Crippen LogP contribution in [-0.4, -0.2) is 19.8 Å². The summed E-state index contributed by atoms with van der Waals surface area (Å²) in [5.41, 5.74) is 1.39. The van der Waals surface area contributed by atoms with Crippen molar-refractivity contribution in [2.75, 3.05) is 19.8 Å². The summed E-state index contributed by atoms with van der Waals surface area (Å²) in [5.74, 6) is 0.616. The van der Waals surface area contributed by atoms with E-state index in [-0.39, 0.29) is 0 Å². The fraction of sp³-hybridized carbons (Fsp3) is 0.467. The Morgan fingerprint density at radius 1 is 1.28 bits per heavy atom. The van der Waals surface area contributed by atoms with E-state index in [4.69, 9.17) is 4.74 Å². The molecule has 0 bridgehead atoms. The molecule has 0 spiro atoms. The Balaban J connectivity index is 1.74. The first-order valence-corrected chi connectivity index (χ1v) is 7.39. The predicted octanol–water partition coefficient (Wildman–Crippen LogP) is 3.66. The van der Waals surface area contributed by atoms with Crippen LogP contribution in [0.2, 0.25) is 0 Å². The second-order valence-corrected chi connectivity index (χ2v) is 5.81. The number of fused-ring (bicyclic) bond motifs is 1. The van der Waals surface area contributed by atoms with E-state index < -0.39 is 0 Å². The highest BCUT2D eigenvalue weighted by Gasteiger charge is 2.02. The van der Waals surface area contributed by atoms with Gasteiger partial charge in [0, 0.05) is 24.4 Å². The molecule has 1 N–H and O–H groups in total. The average Bonchev–Trinajstić information content (AvgIpc) is 2.77. The molecule has 0 aliphatic carbocycles. The lowest BCUT2D eigenvalue weighted by Gasteiger charge is -2.07. The summed E-state index contributed by atoms with van der Waals surface area (Å²) < 4.78 is 6.91. The van der Waals surface area contributed by atoms with Crippen LogP contribution in [0.15, 0.2) is 29.6 Å². The topological polar surface area (TPSA) is 21.3 Å². The molecule has 0 saturated carbocycles. The zero-order chi connectivity index (χ0) is 12.8. The van der Waals surface area contributed by atoms with Crippen LogP contribution in [0.4, 0.5) is 0 Å². The number of rotatable bonds is 7.